The van der Waals surface area contributed by atoms with Gasteiger partial charge in [-0.2, -0.15) is 11.8 Å². The summed E-state index contributed by atoms with van der Waals surface area (Å²) in [7, 11) is 0. The highest BCUT2D eigenvalue weighted by Gasteiger charge is 2.19. The highest BCUT2D eigenvalue weighted by molar-refractivity contribution is 7.97. The van der Waals surface area contributed by atoms with E-state index in [9.17, 15) is 4.79 Å². The lowest BCUT2D eigenvalue weighted by Crippen LogP contribution is -2.27. The number of halogens is 1. The number of amides is 1. The SMILES string of the molecule is O=C(c1ccc(CSCc2coc(-c3ccc(Cl)cc3)n2)cc1)N1CCCC1. The number of nitrogens with zero attached hydrogens (tertiary/aromatic N) is 2. The first-order valence-corrected chi connectivity index (χ1v) is 10.9. The van der Waals surface area contributed by atoms with Crippen LogP contribution in [0.2, 0.25) is 5.02 Å². The zero-order chi connectivity index (χ0) is 19.3. The first kappa shape index (κ1) is 19.1. The number of aromatic nitrogens is 1. The average Bonchev–Trinajstić information content (AvgIpc) is 3.41. The Bertz CT molecular complexity index is 932. The first-order valence-electron chi connectivity index (χ1n) is 9.35. The van der Waals surface area contributed by atoms with Crippen LogP contribution in [0, 0.1) is 0 Å². The van der Waals surface area contributed by atoms with Gasteiger partial charge in [-0.1, -0.05) is 23.7 Å². The van der Waals surface area contributed by atoms with Gasteiger partial charge < -0.3 is 9.32 Å². The van der Waals surface area contributed by atoms with E-state index in [1.165, 1.54) is 5.56 Å². The lowest BCUT2D eigenvalue weighted by Gasteiger charge is -2.15. The molecule has 0 saturated carbocycles. The monoisotopic (exact) mass is 412 g/mol. The average molecular weight is 413 g/mol. The Morgan fingerprint density at radius 2 is 1.75 bits per heavy atom. The van der Waals surface area contributed by atoms with Crippen LogP contribution in [0.4, 0.5) is 0 Å². The number of hydrogen-bond donors (Lipinski definition) is 0. The summed E-state index contributed by atoms with van der Waals surface area (Å²) in [5.74, 6) is 2.39. The van der Waals surface area contributed by atoms with E-state index in [1.54, 1.807) is 18.0 Å². The molecule has 0 atom stereocenters. The van der Waals surface area contributed by atoms with Gasteiger partial charge in [0.1, 0.15) is 6.26 Å². The number of carbonyl (C=O) groups excluding carboxylic acids is 1. The predicted octanol–water partition coefficient (Wildman–Crippen LogP) is 5.66. The lowest BCUT2D eigenvalue weighted by atomic mass is 10.1. The summed E-state index contributed by atoms with van der Waals surface area (Å²) in [6.45, 7) is 1.76. The van der Waals surface area contributed by atoms with Gasteiger partial charge in [-0.15, -0.1) is 0 Å². The fourth-order valence-electron chi connectivity index (χ4n) is 3.22. The molecule has 0 unspecified atom stereocenters. The molecular weight excluding hydrogens is 392 g/mol. The van der Waals surface area contributed by atoms with Crippen molar-refractivity contribution in [3.05, 3.63) is 76.6 Å². The number of benzene rings is 2. The molecule has 1 aromatic heterocycles. The van der Waals surface area contributed by atoms with Crippen molar-refractivity contribution in [2.75, 3.05) is 13.1 Å². The van der Waals surface area contributed by atoms with Crippen molar-refractivity contribution in [1.82, 2.24) is 9.88 Å². The van der Waals surface area contributed by atoms with Crippen molar-refractivity contribution in [3.63, 3.8) is 0 Å². The van der Waals surface area contributed by atoms with Crippen LogP contribution >= 0.6 is 23.4 Å². The Hall–Kier alpha value is -2.24. The fraction of sp³-hybridized carbons (Fsp3) is 0.273. The van der Waals surface area contributed by atoms with Crippen LogP contribution in [0.5, 0.6) is 0 Å². The number of rotatable bonds is 6. The van der Waals surface area contributed by atoms with E-state index in [0.29, 0.717) is 10.9 Å². The van der Waals surface area contributed by atoms with E-state index in [-0.39, 0.29) is 5.91 Å². The van der Waals surface area contributed by atoms with Crippen LogP contribution in [-0.2, 0) is 11.5 Å². The van der Waals surface area contributed by atoms with Crippen LogP contribution in [0.3, 0.4) is 0 Å². The van der Waals surface area contributed by atoms with Crippen LogP contribution < -0.4 is 0 Å². The minimum Gasteiger partial charge on any atom is -0.444 e. The van der Waals surface area contributed by atoms with E-state index in [1.807, 2.05) is 53.4 Å². The van der Waals surface area contributed by atoms with Gasteiger partial charge in [-0.25, -0.2) is 4.98 Å². The van der Waals surface area contributed by atoms with Crippen LogP contribution in [0.1, 0.15) is 34.5 Å². The van der Waals surface area contributed by atoms with Crippen LogP contribution in [0.15, 0.2) is 59.2 Å². The van der Waals surface area contributed by atoms with Crippen LogP contribution in [-0.4, -0.2) is 28.9 Å². The minimum absolute atomic E-state index is 0.147. The van der Waals surface area contributed by atoms with Crippen molar-refractivity contribution in [3.8, 4) is 11.5 Å². The Kier molecular flexibility index (Phi) is 6.03. The molecule has 0 aliphatic carbocycles. The van der Waals surface area contributed by atoms with Crippen molar-refractivity contribution in [2.24, 2.45) is 0 Å². The summed E-state index contributed by atoms with van der Waals surface area (Å²) in [6.07, 6.45) is 3.93. The summed E-state index contributed by atoms with van der Waals surface area (Å²) < 4.78 is 5.57. The number of likely N-dealkylation sites (tertiary alicyclic amines) is 1. The molecule has 3 aromatic rings. The Morgan fingerprint density at radius 1 is 1.04 bits per heavy atom. The smallest absolute Gasteiger partial charge is 0.253 e. The molecular formula is C22H21ClN2O2S. The molecule has 2 aromatic carbocycles. The van der Waals surface area contributed by atoms with Gasteiger partial charge in [0.25, 0.3) is 5.91 Å². The van der Waals surface area contributed by atoms with Gasteiger partial charge in [0.15, 0.2) is 0 Å². The van der Waals surface area contributed by atoms with Gasteiger partial charge in [0.05, 0.1) is 5.69 Å². The second-order valence-corrected chi connectivity index (χ2v) is 8.26. The Morgan fingerprint density at radius 3 is 2.46 bits per heavy atom. The van der Waals surface area contributed by atoms with Crippen molar-refractivity contribution in [1.29, 1.82) is 0 Å². The van der Waals surface area contributed by atoms with E-state index >= 15 is 0 Å². The summed E-state index contributed by atoms with van der Waals surface area (Å²) >= 11 is 7.69. The largest absolute Gasteiger partial charge is 0.444 e. The molecule has 4 rings (SSSR count). The Balaban J connectivity index is 1.29. The molecule has 0 spiro atoms. The molecule has 2 heterocycles. The number of oxazole rings is 1. The van der Waals surface area contributed by atoms with Crippen molar-refractivity contribution < 1.29 is 9.21 Å². The molecule has 1 fully saturated rings. The molecule has 1 aliphatic rings. The number of thioether (sulfide) groups is 1. The maximum absolute atomic E-state index is 12.4. The van der Waals surface area contributed by atoms with E-state index in [2.05, 4.69) is 4.98 Å². The highest BCUT2D eigenvalue weighted by Crippen LogP contribution is 2.24. The molecule has 144 valence electrons. The van der Waals surface area contributed by atoms with Gasteiger partial charge in [-0.05, 0) is 54.8 Å². The normalized spacial score (nSPS) is 13.8. The summed E-state index contributed by atoms with van der Waals surface area (Å²) in [4.78, 5) is 18.9. The first-order chi connectivity index (χ1) is 13.7. The zero-order valence-corrected chi connectivity index (χ0v) is 17.0. The van der Waals surface area contributed by atoms with E-state index < -0.39 is 0 Å². The standard InChI is InChI=1S/C22H21ClN2O2S/c23-19-9-7-17(8-10-19)21-24-20(13-27-21)15-28-14-16-3-5-18(6-4-16)22(26)25-11-1-2-12-25/h3-10,13H,1-2,11-12,14-15H2. The summed E-state index contributed by atoms with van der Waals surface area (Å²) in [5, 5.41) is 0.694. The number of hydrogen-bond acceptors (Lipinski definition) is 4. The lowest BCUT2D eigenvalue weighted by molar-refractivity contribution is 0.0793. The topological polar surface area (TPSA) is 46.3 Å². The van der Waals surface area contributed by atoms with Gasteiger partial charge in [0, 0.05) is 40.7 Å². The molecule has 0 bridgehead atoms. The maximum Gasteiger partial charge on any atom is 0.253 e. The van der Waals surface area contributed by atoms with Crippen molar-refractivity contribution >= 4 is 29.3 Å². The van der Waals surface area contributed by atoms with E-state index in [4.69, 9.17) is 16.0 Å². The molecule has 6 heteroatoms. The molecule has 1 aliphatic heterocycles. The van der Waals surface area contributed by atoms with Gasteiger partial charge in [-0.3, -0.25) is 4.79 Å². The number of carbonyl (C=O) groups is 1. The van der Waals surface area contributed by atoms with Gasteiger partial charge >= 0.3 is 0 Å². The fourth-order valence-corrected chi connectivity index (χ4v) is 4.22. The zero-order valence-electron chi connectivity index (χ0n) is 15.4. The van der Waals surface area contributed by atoms with E-state index in [0.717, 1.165) is 54.3 Å². The van der Waals surface area contributed by atoms with Gasteiger partial charge in [0.2, 0.25) is 5.89 Å². The molecule has 0 N–H and O–H groups in total. The summed E-state index contributed by atoms with van der Waals surface area (Å²) in [5.41, 5.74) is 3.80. The minimum atomic E-state index is 0.147. The second-order valence-electron chi connectivity index (χ2n) is 6.84. The predicted molar refractivity (Wildman–Crippen MR) is 114 cm³/mol. The third-order valence-corrected chi connectivity index (χ3v) is 6.05. The van der Waals surface area contributed by atoms with Crippen molar-refractivity contribution in [2.45, 2.75) is 24.3 Å². The summed E-state index contributed by atoms with van der Waals surface area (Å²) in [6, 6.07) is 15.4. The van der Waals surface area contributed by atoms with Crippen LogP contribution in [0.25, 0.3) is 11.5 Å². The Labute approximate surface area is 173 Å². The molecule has 1 amide bonds. The third kappa shape index (κ3) is 4.59. The second kappa shape index (κ2) is 8.84. The molecule has 28 heavy (non-hydrogen) atoms. The maximum atomic E-state index is 12.4. The molecule has 0 radical (unpaired) electrons. The quantitative estimate of drug-likeness (QED) is 0.523. The third-order valence-electron chi connectivity index (χ3n) is 4.76. The molecule has 4 nitrogen and oxygen atoms in total. The highest BCUT2D eigenvalue weighted by atomic mass is 35.5. The molecule has 1 saturated heterocycles.